The van der Waals surface area contributed by atoms with Crippen LogP contribution in [0.15, 0.2) is 82.2 Å². The predicted octanol–water partition coefficient (Wildman–Crippen LogP) is 4.48. The molecule has 0 bridgehead atoms. The van der Waals surface area contributed by atoms with Gasteiger partial charge < -0.3 is 0 Å². The Bertz CT molecular complexity index is 788. The Labute approximate surface area is 147 Å². The van der Waals surface area contributed by atoms with Crippen LogP contribution in [0.1, 0.15) is 21.2 Å². The third-order valence-corrected chi connectivity index (χ3v) is 26.6. The van der Waals surface area contributed by atoms with Gasteiger partial charge in [-0.3, -0.25) is 0 Å². The van der Waals surface area contributed by atoms with Crippen LogP contribution in [0.2, 0.25) is 6.55 Å². The van der Waals surface area contributed by atoms with E-state index in [0.29, 0.717) is 0 Å². The Hall–Kier alpha value is -1.24. The van der Waals surface area contributed by atoms with Gasteiger partial charge in [-0.1, -0.05) is 0 Å². The summed E-state index contributed by atoms with van der Waals surface area (Å²) in [5.74, 6) is -0.903. The van der Waals surface area contributed by atoms with Gasteiger partial charge >= 0.3 is 148 Å². The van der Waals surface area contributed by atoms with Crippen LogP contribution in [0, 0.1) is 0 Å². The van der Waals surface area contributed by atoms with Crippen LogP contribution >= 0.6 is 0 Å². The third kappa shape index (κ3) is 2.95. The molecule has 0 N–H and O–H groups in total. The molecule has 0 fully saturated rings. The first-order valence-corrected chi connectivity index (χ1v) is 17.6. The van der Waals surface area contributed by atoms with E-state index in [1.54, 1.807) is 10.8 Å². The number of fused-ring (bicyclic) bond motifs is 1. The maximum absolute atomic E-state index is 2.61. The Balaban J connectivity index is 1.74. The average molecular weight is 393 g/mol. The van der Waals surface area contributed by atoms with E-state index in [0.717, 1.165) is 3.63 Å². The van der Waals surface area contributed by atoms with E-state index in [2.05, 4.69) is 91.5 Å². The van der Waals surface area contributed by atoms with Crippen LogP contribution in [-0.2, 0) is 20.9 Å². The average Bonchev–Trinajstić information content (AvgIpc) is 3.27. The molecule has 113 valence electrons. The molecule has 0 heterocycles. The number of hydrogen-bond donors (Lipinski definition) is 0. The molecule has 2 heteroatoms. The van der Waals surface area contributed by atoms with Crippen LogP contribution in [0.25, 0.3) is 6.08 Å². The summed E-state index contributed by atoms with van der Waals surface area (Å²) in [7, 11) is 0. The molecule has 23 heavy (non-hydrogen) atoms. The summed E-state index contributed by atoms with van der Waals surface area (Å²) in [5, 5.41) is 1.66. The molecule has 0 aromatic heterocycles. The van der Waals surface area contributed by atoms with Crippen LogP contribution in [0.3, 0.4) is 0 Å². The fourth-order valence-electron chi connectivity index (χ4n) is 3.85. The van der Waals surface area contributed by atoms with Crippen molar-refractivity contribution in [3.63, 3.8) is 0 Å². The van der Waals surface area contributed by atoms with Gasteiger partial charge in [0.2, 0.25) is 0 Å². The molecule has 0 spiro atoms. The second kappa shape index (κ2) is 6.71. The first kappa shape index (κ1) is 15.3. The Morgan fingerprint density at radius 1 is 1.00 bits per heavy atom. The molecule has 0 aliphatic heterocycles. The molecule has 0 saturated carbocycles. The van der Waals surface area contributed by atoms with E-state index in [4.69, 9.17) is 0 Å². The first-order valence-electron chi connectivity index (χ1n) is 8.39. The van der Waals surface area contributed by atoms with E-state index in [1.165, 1.54) is 12.0 Å². The van der Waals surface area contributed by atoms with Gasteiger partial charge in [0.15, 0.2) is 0 Å². The fraction of sp³-hybridized carbons (Fsp3) is 0.143. The molecule has 0 saturated heterocycles. The van der Waals surface area contributed by atoms with Crippen molar-refractivity contribution in [3.05, 3.63) is 93.3 Å². The Morgan fingerprint density at radius 2 is 1.78 bits per heavy atom. The van der Waals surface area contributed by atoms with Crippen molar-refractivity contribution in [2.75, 3.05) is 0 Å². The quantitative estimate of drug-likeness (QED) is 0.673. The van der Waals surface area contributed by atoms with Crippen LogP contribution in [-0.4, -0.2) is 5.92 Å². The first-order chi connectivity index (χ1) is 11.3. The number of hydrogen-bond acceptors (Lipinski definition) is 0. The summed E-state index contributed by atoms with van der Waals surface area (Å²) in [4.78, 5) is 0. The van der Waals surface area contributed by atoms with Gasteiger partial charge in [-0.15, -0.1) is 0 Å². The number of benzene rings is 2. The maximum atomic E-state index is 2.61. The van der Waals surface area contributed by atoms with Gasteiger partial charge in [0, 0.05) is 0 Å². The van der Waals surface area contributed by atoms with E-state index >= 15 is 0 Å². The molecule has 2 unspecified atom stereocenters. The molecule has 0 amide bonds. The van der Waals surface area contributed by atoms with E-state index in [-0.39, 0.29) is 0 Å². The van der Waals surface area contributed by atoms with Gasteiger partial charge in [0.1, 0.15) is 0 Å². The molecule has 0 nitrogen and oxygen atoms in total. The Kier molecular flexibility index (Phi) is 4.46. The van der Waals surface area contributed by atoms with E-state index < -0.39 is 26.8 Å². The minimum absolute atomic E-state index is 0.738. The molecule has 4 rings (SSSR count). The Morgan fingerprint density at radius 3 is 2.57 bits per heavy atom. The van der Waals surface area contributed by atoms with Crippen molar-refractivity contribution in [2.24, 2.45) is 0 Å². The van der Waals surface area contributed by atoms with Gasteiger partial charge in [0.05, 0.1) is 0 Å². The van der Waals surface area contributed by atoms with Crippen molar-refractivity contribution in [3.8, 4) is 0 Å². The van der Waals surface area contributed by atoms with Crippen molar-refractivity contribution >= 4 is 17.2 Å². The second-order valence-corrected chi connectivity index (χ2v) is 23.9. The molecule has 2 aliphatic carbocycles. The minimum atomic E-state index is -1.76. The van der Waals surface area contributed by atoms with Crippen LogP contribution < -0.4 is 5.19 Å². The van der Waals surface area contributed by atoms with E-state index in [1.807, 2.05) is 3.28 Å². The van der Waals surface area contributed by atoms with Crippen LogP contribution in [0.4, 0.5) is 0 Å². The molecule has 2 atom stereocenters. The van der Waals surface area contributed by atoms with Gasteiger partial charge in [-0.25, -0.2) is 0 Å². The number of allylic oxidation sites excluding steroid dienone is 5. The van der Waals surface area contributed by atoms with Crippen molar-refractivity contribution < 1.29 is 20.9 Å². The fourth-order valence-corrected chi connectivity index (χ4v) is 26.0. The normalized spacial score (nSPS) is 19.5. The molecular formula is C21H21SiZr. The van der Waals surface area contributed by atoms with Crippen molar-refractivity contribution in [1.29, 1.82) is 0 Å². The molecule has 2 aromatic rings. The van der Waals surface area contributed by atoms with Crippen molar-refractivity contribution in [2.45, 2.75) is 16.6 Å². The molecule has 2 aromatic carbocycles. The van der Waals surface area contributed by atoms with Crippen LogP contribution in [0.5, 0.6) is 0 Å². The van der Waals surface area contributed by atoms with Gasteiger partial charge in [0.25, 0.3) is 0 Å². The zero-order valence-electron chi connectivity index (χ0n) is 13.4. The molecule has 0 radical (unpaired) electrons. The number of rotatable bonds is 4. The summed E-state index contributed by atoms with van der Waals surface area (Å²) in [6.45, 7) is 2.61. The zero-order valence-corrected chi connectivity index (χ0v) is 17.1. The van der Waals surface area contributed by atoms with Crippen molar-refractivity contribution in [1.82, 2.24) is 0 Å². The van der Waals surface area contributed by atoms with Gasteiger partial charge in [-0.05, 0) is 0 Å². The monoisotopic (exact) mass is 391 g/mol. The van der Waals surface area contributed by atoms with E-state index in [9.17, 15) is 0 Å². The summed E-state index contributed by atoms with van der Waals surface area (Å²) >= 11 is -1.76. The molecule has 2 aliphatic rings. The summed E-state index contributed by atoms with van der Waals surface area (Å²) in [6.07, 6.45) is 13.2. The second-order valence-electron chi connectivity index (χ2n) is 6.38. The summed E-state index contributed by atoms with van der Waals surface area (Å²) < 4.78 is 2.56. The summed E-state index contributed by atoms with van der Waals surface area (Å²) in [6, 6.07) is 20.4. The predicted molar refractivity (Wildman–Crippen MR) is 99.1 cm³/mol. The van der Waals surface area contributed by atoms with Gasteiger partial charge in [-0.2, -0.15) is 0 Å². The summed E-state index contributed by atoms with van der Waals surface area (Å²) in [5.41, 5.74) is 3.06. The zero-order chi connectivity index (χ0) is 15.6. The standard InChI is InChI=1S/C9H7.C7H9Si.C5H5.Zr/c1-2-5-9-7-3-6-8(9)4-1;1-8-7-5-3-2-4-6-7;1-2-4-5-3-1;/h1-7H;2-6,8H,1H3;1-3H,4H2;. The third-order valence-electron chi connectivity index (χ3n) is 5.04. The SMILES string of the molecule is C[SiH](c1ccccc1)[Zr]([C]1=CC=CC1)[CH]1C=Cc2ccccc21. The molecular weight excluding hydrogens is 372 g/mol. The topological polar surface area (TPSA) is 0 Å².